The van der Waals surface area contributed by atoms with Gasteiger partial charge in [-0.2, -0.15) is 0 Å². The average molecular weight is 295 g/mol. The lowest BCUT2D eigenvalue weighted by Crippen LogP contribution is -2.48. The van der Waals surface area contributed by atoms with Crippen LogP contribution in [-0.2, 0) is 6.54 Å². The topological polar surface area (TPSA) is 76.9 Å². The Balaban J connectivity index is 2.29. The molecule has 0 unspecified atom stereocenters. The molecule has 0 saturated carbocycles. The summed E-state index contributed by atoms with van der Waals surface area (Å²) in [7, 11) is 3.00. The first-order valence-corrected chi connectivity index (χ1v) is 6.90. The van der Waals surface area contributed by atoms with Crippen LogP contribution in [0.1, 0.15) is 12.5 Å². The van der Waals surface area contributed by atoms with Crippen LogP contribution >= 0.6 is 0 Å². The van der Waals surface area contributed by atoms with Crippen LogP contribution in [0.2, 0.25) is 0 Å². The van der Waals surface area contributed by atoms with E-state index in [9.17, 15) is 10.1 Å². The van der Waals surface area contributed by atoms with E-state index < -0.39 is 0 Å². The molecular weight excluding hydrogens is 274 g/mol. The maximum atomic E-state index is 11.3. The summed E-state index contributed by atoms with van der Waals surface area (Å²) in [6, 6.07) is 3.52. The van der Waals surface area contributed by atoms with Crippen molar-refractivity contribution < 1.29 is 14.4 Å². The van der Waals surface area contributed by atoms with E-state index in [1.807, 2.05) is 0 Å². The molecule has 1 aromatic rings. The van der Waals surface area contributed by atoms with Gasteiger partial charge < -0.3 is 14.8 Å². The lowest BCUT2D eigenvalue weighted by molar-refractivity contribution is -0.385. The van der Waals surface area contributed by atoms with Crippen LogP contribution in [0.5, 0.6) is 11.5 Å². The summed E-state index contributed by atoms with van der Waals surface area (Å²) < 4.78 is 10.4. The van der Waals surface area contributed by atoms with Gasteiger partial charge >= 0.3 is 0 Å². The average Bonchev–Trinajstić information content (AvgIpc) is 2.46. The van der Waals surface area contributed by atoms with Crippen LogP contribution in [0.4, 0.5) is 5.69 Å². The van der Waals surface area contributed by atoms with Crippen molar-refractivity contribution in [2.75, 3.05) is 33.9 Å². The Kier molecular flexibility index (Phi) is 4.98. The van der Waals surface area contributed by atoms with Gasteiger partial charge in [-0.15, -0.1) is 0 Å². The number of piperazine rings is 1. The third kappa shape index (κ3) is 3.62. The van der Waals surface area contributed by atoms with E-state index in [2.05, 4.69) is 17.1 Å². The first kappa shape index (κ1) is 15.5. The molecule has 1 N–H and O–H groups in total. The van der Waals surface area contributed by atoms with Gasteiger partial charge in [0.1, 0.15) is 0 Å². The number of hydrogen-bond acceptors (Lipinski definition) is 6. The van der Waals surface area contributed by atoms with E-state index in [4.69, 9.17) is 9.47 Å². The van der Waals surface area contributed by atoms with Crippen molar-refractivity contribution in [3.63, 3.8) is 0 Å². The molecule has 1 aliphatic rings. The van der Waals surface area contributed by atoms with Crippen molar-refractivity contribution in [1.82, 2.24) is 10.2 Å². The first-order chi connectivity index (χ1) is 10.0. The van der Waals surface area contributed by atoms with Crippen LogP contribution < -0.4 is 14.8 Å². The fraction of sp³-hybridized carbons (Fsp3) is 0.571. The van der Waals surface area contributed by atoms with Gasteiger partial charge in [0.05, 0.1) is 25.2 Å². The van der Waals surface area contributed by atoms with E-state index in [0.717, 1.165) is 19.6 Å². The molecule has 21 heavy (non-hydrogen) atoms. The summed E-state index contributed by atoms with van der Waals surface area (Å²) in [5, 5.41) is 14.6. The van der Waals surface area contributed by atoms with Crippen LogP contribution in [0.15, 0.2) is 12.1 Å². The molecule has 2 rings (SSSR count). The fourth-order valence-electron chi connectivity index (χ4n) is 2.60. The van der Waals surface area contributed by atoms with Crippen molar-refractivity contribution in [1.29, 1.82) is 0 Å². The highest BCUT2D eigenvalue weighted by atomic mass is 16.6. The normalized spacial score (nSPS) is 19.3. The Morgan fingerprint density at radius 3 is 2.62 bits per heavy atom. The van der Waals surface area contributed by atoms with Gasteiger partial charge in [0.25, 0.3) is 5.69 Å². The second-order valence-corrected chi connectivity index (χ2v) is 5.18. The summed E-state index contributed by atoms with van der Waals surface area (Å²) >= 11 is 0. The number of benzene rings is 1. The van der Waals surface area contributed by atoms with Crippen molar-refractivity contribution in [3.8, 4) is 11.5 Å². The highest BCUT2D eigenvalue weighted by Crippen LogP contribution is 2.35. The number of ether oxygens (including phenoxy) is 2. The minimum Gasteiger partial charge on any atom is -0.493 e. The zero-order chi connectivity index (χ0) is 15.4. The minimum atomic E-state index is -0.372. The predicted octanol–water partition coefficient (Wildman–Crippen LogP) is 1.41. The highest BCUT2D eigenvalue weighted by molar-refractivity contribution is 5.54. The molecule has 1 aliphatic heterocycles. The summed E-state index contributed by atoms with van der Waals surface area (Å²) in [6.07, 6.45) is 0. The van der Waals surface area contributed by atoms with Crippen molar-refractivity contribution >= 4 is 5.69 Å². The molecule has 1 saturated heterocycles. The van der Waals surface area contributed by atoms with E-state index in [1.54, 1.807) is 6.07 Å². The summed E-state index contributed by atoms with van der Waals surface area (Å²) in [4.78, 5) is 13.1. The van der Waals surface area contributed by atoms with E-state index in [-0.39, 0.29) is 10.6 Å². The molecule has 0 amide bonds. The number of nitro groups is 1. The van der Waals surface area contributed by atoms with Gasteiger partial charge in [0.2, 0.25) is 0 Å². The largest absolute Gasteiger partial charge is 0.493 e. The van der Waals surface area contributed by atoms with E-state index in [1.165, 1.54) is 20.3 Å². The molecule has 0 bridgehead atoms. The van der Waals surface area contributed by atoms with Gasteiger partial charge in [-0.3, -0.25) is 15.0 Å². The monoisotopic (exact) mass is 295 g/mol. The van der Waals surface area contributed by atoms with Crippen LogP contribution in [0.3, 0.4) is 0 Å². The second kappa shape index (κ2) is 6.73. The molecular formula is C14H21N3O4. The quantitative estimate of drug-likeness (QED) is 0.653. The predicted molar refractivity (Wildman–Crippen MR) is 78.9 cm³/mol. The maximum absolute atomic E-state index is 11.3. The lowest BCUT2D eigenvalue weighted by atomic mass is 10.1. The maximum Gasteiger partial charge on any atom is 0.277 e. The summed E-state index contributed by atoms with van der Waals surface area (Å²) in [5.41, 5.74) is 0.714. The number of methoxy groups -OCH3 is 2. The highest BCUT2D eigenvalue weighted by Gasteiger charge is 2.23. The number of hydrogen-bond donors (Lipinski definition) is 1. The number of nitrogens with zero attached hydrogens (tertiary/aromatic N) is 2. The smallest absolute Gasteiger partial charge is 0.277 e. The van der Waals surface area contributed by atoms with Gasteiger partial charge in [-0.05, 0) is 13.0 Å². The molecule has 1 aromatic carbocycles. The molecule has 1 fully saturated rings. The fourth-order valence-corrected chi connectivity index (χ4v) is 2.60. The number of rotatable bonds is 5. The second-order valence-electron chi connectivity index (χ2n) is 5.18. The molecule has 0 spiro atoms. The Hall–Kier alpha value is -1.86. The molecule has 116 valence electrons. The Morgan fingerprint density at radius 2 is 2.05 bits per heavy atom. The SMILES string of the molecule is COc1cc(CN2CCN[C@H](C)C2)c([N+](=O)[O-])cc1OC. The minimum absolute atomic E-state index is 0.0684. The van der Waals surface area contributed by atoms with E-state index >= 15 is 0 Å². The van der Waals surface area contributed by atoms with Gasteiger partial charge in [-0.25, -0.2) is 0 Å². The van der Waals surface area contributed by atoms with Crippen molar-refractivity contribution in [2.24, 2.45) is 0 Å². The Labute approximate surface area is 124 Å². The zero-order valence-corrected chi connectivity index (χ0v) is 12.6. The number of nitrogens with one attached hydrogen (secondary N) is 1. The Bertz CT molecular complexity index is 521. The standard InChI is InChI=1S/C14H21N3O4/c1-10-8-16(5-4-15-10)9-11-6-13(20-2)14(21-3)7-12(11)17(18)19/h6-7,10,15H,4-5,8-9H2,1-3H3/t10-/m1/s1. The van der Waals surface area contributed by atoms with Crippen molar-refractivity contribution in [3.05, 3.63) is 27.8 Å². The molecule has 0 aromatic heterocycles. The van der Waals surface area contributed by atoms with Crippen LogP contribution in [0.25, 0.3) is 0 Å². The van der Waals surface area contributed by atoms with Crippen LogP contribution in [-0.4, -0.2) is 49.7 Å². The molecule has 0 aliphatic carbocycles. The molecule has 1 heterocycles. The molecule has 0 radical (unpaired) electrons. The van der Waals surface area contributed by atoms with E-state index in [0.29, 0.717) is 29.6 Å². The van der Waals surface area contributed by atoms with Gasteiger partial charge in [0, 0.05) is 37.8 Å². The first-order valence-electron chi connectivity index (χ1n) is 6.90. The van der Waals surface area contributed by atoms with Crippen molar-refractivity contribution in [2.45, 2.75) is 19.5 Å². The number of nitro benzene ring substituents is 1. The summed E-state index contributed by atoms with van der Waals surface area (Å²) in [5.74, 6) is 0.892. The molecule has 1 atom stereocenters. The summed E-state index contributed by atoms with van der Waals surface area (Å²) in [6.45, 7) is 5.27. The Morgan fingerprint density at radius 1 is 1.38 bits per heavy atom. The van der Waals surface area contributed by atoms with Gasteiger partial charge in [-0.1, -0.05) is 0 Å². The zero-order valence-electron chi connectivity index (χ0n) is 12.6. The third-order valence-electron chi connectivity index (χ3n) is 3.63. The lowest BCUT2D eigenvalue weighted by Gasteiger charge is -2.31. The van der Waals surface area contributed by atoms with Crippen LogP contribution in [0, 0.1) is 10.1 Å². The molecule has 7 heteroatoms. The van der Waals surface area contributed by atoms with Gasteiger partial charge in [0.15, 0.2) is 11.5 Å². The molecule has 7 nitrogen and oxygen atoms in total. The third-order valence-corrected chi connectivity index (χ3v) is 3.63.